The number of rotatable bonds is 2. The Balaban J connectivity index is 2.20. The van der Waals surface area contributed by atoms with Crippen molar-refractivity contribution >= 4 is 43.7 Å². The summed E-state index contributed by atoms with van der Waals surface area (Å²) in [5.74, 6) is 0.0341. The number of carbonyl (C=O) groups excluding carboxylic acids is 1. The summed E-state index contributed by atoms with van der Waals surface area (Å²) in [7, 11) is 0. The van der Waals surface area contributed by atoms with E-state index in [0.717, 1.165) is 8.95 Å². The first kappa shape index (κ1) is 12.2. The van der Waals surface area contributed by atoms with E-state index in [2.05, 4.69) is 47.1 Å². The number of halogens is 2. The second-order valence-electron chi connectivity index (χ2n) is 3.18. The van der Waals surface area contributed by atoms with Crippen LogP contribution in [0, 0.1) is 0 Å². The fourth-order valence-electron chi connectivity index (χ4n) is 1.22. The SMILES string of the molecule is O=C(Nc1ncccn1)c1cc(Br)cc(Br)c1. The van der Waals surface area contributed by atoms with E-state index in [1.54, 1.807) is 30.6 Å². The molecule has 0 aliphatic rings. The molecule has 1 aromatic heterocycles. The summed E-state index contributed by atoms with van der Waals surface area (Å²) in [6, 6.07) is 6.99. The highest BCUT2D eigenvalue weighted by atomic mass is 79.9. The quantitative estimate of drug-likeness (QED) is 0.898. The second kappa shape index (κ2) is 5.37. The molecule has 4 nitrogen and oxygen atoms in total. The molecule has 1 amide bonds. The van der Waals surface area contributed by atoms with Gasteiger partial charge in [0.1, 0.15) is 0 Å². The molecule has 1 aromatic carbocycles. The van der Waals surface area contributed by atoms with Crippen molar-refractivity contribution in [2.24, 2.45) is 0 Å². The van der Waals surface area contributed by atoms with Crippen LogP contribution in [-0.2, 0) is 0 Å². The maximum absolute atomic E-state index is 11.9. The van der Waals surface area contributed by atoms with Crippen molar-refractivity contribution in [2.75, 3.05) is 5.32 Å². The van der Waals surface area contributed by atoms with Gasteiger partial charge in [-0.2, -0.15) is 0 Å². The summed E-state index contributed by atoms with van der Waals surface area (Å²) in [6.07, 6.45) is 3.14. The Labute approximate surface area is 115 Å². The number of hydrogen-bond donors (Lipinski definition) is 1. The summed E-state index contributed by atoms with van der Waals surface area (Å²) in [6.45, 7) is 0. The minimum absolute atomic E-state index is 0.252. The van der Waals surface area contributed by atoms with Crippen molar-refractivity contribution in [1.29, 1.82) is 0 Å². The van der Waals surface area contributed by atoms with Gasteiger partial charge >= 0.3 is 0 Å². The van der Waals surface area contributed by atoms with Crippen LogP contribution >= 0.6 is 31.9 Å². The van der Waals surface area contributed by atoms with Crippen LogP contribution in [0.15, 0.2) is 45.6 Å². The summed E-state index contributed by atoms with van der Waals surface area (Å²) in [5.41, 5.74) is 0.527. The monoisotopic (exact) mass is 355 g/mol. The first-order valence-electron chi connectivity index (χ1n) is 4.69. The summed E-state index contributed by atoms with van der Waals surface area (Å²) in [4.78, 5) is 19.7. The lowest BCUT2D eigenvalue weighted by molar-refractivity contribution is 0.102. The van der Waals surface area contributed by atoms with Crippen molar-refractivity contribution < 1.29 is 4.79 Å². The average molecular weight is 357 g/mol. The zero-order chi connectivity index (χ0) is 12.3. The highest BCUT2D eigenvalue weighted by Gasteiger charge is 2.08. The molecule has 0 radical (unpaired) electrons. The van der Waals surface area contributed by atoms with E-state index in [1.165, 1.54) is 0 Å². The molecular weight excluding hydrogens is 350 g/mol. The average Bonchev–Trinajstić information content (AvgIpc) is 2.29. The Kier molecular flexibility index (Phi) is 3.86. The number of amides is 1. The highest BCUT2D eigenvalue weighted by Crippen LogP contribution is 2.20. The van der Waals surface area contributed by atoms with E-state index in [4.69, 9.17) is 0 Å². The van der Waals surface area contributed by atoms with Crippen LogP contribution in [0.25, 0.3) is 0 Å². The molecule has 86 valence electrons. The number of hydrogen-bond acceptors (Lipinski definition) is 3. The van der Waals surface area contributed by atoms with Crippen LogP contribution in [0.4, 0.5) is 5.95 Å². The third kappa shape index (κ3) is 3.34. The van der Waals surface area contributed by atoms with Crippen LogP contribution in [0.2, 0.25) is 0 Å². The van der Waals surface area contributed by atoms with Gasteiger partial charge < -0.3 is 0 Å². The third-order valence-electron chi connectivity index (χ3n) is 1.92. The predicted molar refractivity (Wildman–Crippen MR) is 71.8 cm³/mol. The minimum Gasteiger partial charge on any atom is -0.290 e. The Morgan fingerprint density at radius 3 is 2.24 bits per heavy atom. The number of aromatic nitrogens is 2. The van der Waals surface area contributed by atoms with Crippen LogP contribution in [-0.4, -0.2) is 15.9 Å². The van der Waals surface area contributed by atoms with Crippen LogP contribution in [0.1, 0.15) is 10.4 Å². The number of carbonyl (C=O) groups is 1. The zero-order valence-electron chi connectivity index (χ0n) is 8.52. The molecular formula is C11H7Br2N3O. The predicted octanol–water partition coefficient (Wildman–Crippen LogP) is 3.25. The fraction of sp³-hybridized carbons (Fsp3) is 0. The zero-order valence-corrected chi connectivity index (χ0v) is 11.7. The Hall–Kier alpha value is -1.27. The Bertz CT molecular complexity index is 525. The lowest BCUT2D eigenvalue weighted by Gasteiger charge is -2.04. The number of anilines is 1. The standard InChI is InChI=1S/C11H7Br2N3O/c12-8-4-7(5-9(13)6-8)10(17)16-11-14-2-1-3-15-11/h1-6H,(H,14,15,16,17). The maximum atomic E-state index is 11.9. The summed E-state index contributed by atoms with van der Waals surface area (Å²) < 4.78 is 1.65. The van der Waals surface area contributed by atoms with Gasteiger partial charge in [0.15, 0.2) is 0 Å². The van der Waals surface area contributed by atoms with Gasteiger partial charge in [-0.15, -0.1) is 0 Å². The molecule has 2 rings (SSSR count). The molecule has 1 heterocycles. The van der Waals surface area contributed by atoms with Gasteiger partial charge in [0.2, 0.25) is 5.95 Å². The molecule has 1 N–H and O–H groups in total. The topological polar surface area (TPSA) is 54.9 Å². The van der Waals surface area contributed by atoms with E-state index >= 15 is 0 Å². The van der Waals surface area contributed by atoms with E-state index in [9.17, 15) is 4.79 Å². The van der Waals surface area contributed by atoms with Gasteiger partial charge in [-0.05, 0) is 24.3 Å². The molecule has 0 saturated carbocycles. The van der Waals surface area contributed by atoms with Crippen LogP contribution < -0.4 is 5.32 Å². The maximum Gasteiger partial charge on any atom is 0.258 e. The van der Waals surface area contributed by atoms with Crippen molar-refractivity contribution in [3.05, 3.63) is 51.2 Å². The van der Waals surface area contributed by atoms with Gasteiger partial charge in [-0.25, -0.2) is 9.97 Å². The molecule has 0 fully saturated rings. The van der Waals surface area contributed by atoms with Crippen LogP contribution in [0.3, 0.4) is 0 Å². The summed E-state index contributed by atoms with van der Waals surface area (Å²) >= 11 is 6.65. The number of nitrogens with zero attached hydrogens (tertiary/aromatic N) is 2. The summed E-state index contributed by atoms with van der Waals surface area (Å²) in [5, 5.41) is 2.61. The highest BCUT2D eigenvalue weighted by molar-refractivity contribution is 9.11. The molecule has 17 heavy (non-hydrogen) atoms. The molecule has 0 saturated heterocycles. The molecule has 0 aliphatic carbocycles. The normalized spacial score (nSPS) is 10.0. The Morgan fingerprint density at radius 1 is 1.06 bits per heavy atom. The molecule has 0 unspecified atom stereocenters. The smallest absolute Gasteiger partial charge is 0.258 e. The molecule has 0 spiro atoms. The van der Waals surface area contributed by atoms with Gasteiger partial charge in [0, 0.05) is 26.9 Å². The largest absolute Gasteiger partial charge is 0.290 e. The second-order valence-corrected chi connectivity index (χ2v) is 5.02. The molecule has 0 bridgehead atoms. The number of benzene rings is 1. The lowest BCUT2D eigenvalue weighted by Crippen LogP contribution is -2.13. The molecule has 0 atom stereocenters. The van der Waals surface area contributed by atoms with E-state index in [1.807, 2.05) is 6.07 Å². The van der Waals surface area contributed by atoms with Crippen molar-refractivity contribution in [3.63, 3.8) is 0 Å². The Morgan fingerprint density at radius 2 is 1.65 bits per heavy atom. The molecule has 0 aliphatic heterocycles. The fourth-order valence-corrected chi connectivity index (χ4v) is 2.52. The van der Waals surface area contributed by atoms with E-state index < -0.39 is 0 Å². The van der Waals surface area contributed by atoms with E-state index in [-0.39, 0.29) is 11.9 Å². The lowest BCUT2D eigenvalue weighted by atomic mass is 10.2. The van der Waals surface area contributed by atoms with Crippen molar-refractivity contribution in [1.82, 2.24) is 9.97 Å². The van der Waals surface area contributed by atoms with Gasteiger partial charge in [0.25, 0.3) is 5.91 Å². The molecule has 2 aromatic rings. The van der Waals surface area contributed by atoms with Crippen molar-refractivity contribution in [3.8, 4) is 0 Å². The van der Waals surface area contributed by atoms with Crippen molar-refractivity contribution in [2.45, 2.75) is 0 Å². The number of nitrogens with one attached hydrogen (secondary N) is 1. The van der Waals surface area contributed by atoms with Gasteiger partial charge in [-0.1, -0.05) is 31.9 Å². The molecule has 6 heteroatoms. The first-order chi connectivity index (χ1) is 8.15. The van der Waals surface area contributed by atoms with Gasteiger partial charge in [0.05, 0.1) is 0 Å². The van der Waals surface area contributed by atoms with Crippen LogP contribution in [0.5, 0.6) is 0 Å². The van der Waals surface area contributed by atoms with Gasteiger partial charge in [-0.3, -0.25) is 10.1 Å². The third-order valence-corrected chi connectivity index (χ3v) is 2.83. The minimum atomic E-state index is -0.252. The van der Waals surface area contributed by atoms with E-state index in [0.29, 0.717) is 5.56 Å². The first-order valence-corrected chi connectivity index (χ1v) is 6.28.